The van der Waals surface area contributed by atoms with Crippen LogP contribution in [0.3, 0.4) is 0 Å². The molecule has 0 aliphatic carbocycles. The maximum absolute atomic E-state index is 14.9. The molecule has 0 saturated carbocycles. The lowest BCUT2D eigenvalue weighted by Gasteiger charge is -2.44. The van der Waals surface area contributed by atoms with Crippen LogP contribution in [0.2, 0.25) is 5.02 Å². The van der Waals surface area contributed by atoms with E-state index in [1.807, 2.05) is 0 Å². The highest BCUT2D eigenvalue weighted by Crippen LogP contribution is 2.41. The minimum atomic E-state index is -4.79. The molecule has 1 saturated heterocycles. The predicted octanol–water partition coefficient (Wildman–Crippen LogP) is 3.40. The van der Waals surface area contributed by atoms with Crippen LogP contribution in [-0.4, -0.2) is 36.1 Å². The number of ether oxygens (including phenoxy) is 1. The average molecular weight is 462 g/mol. The molecular weight excluding hydrogens is 445 g/mol. The third-order valence-electron chi connectivity index (χ3n) is 5.19. The summed E-state index contributed by atoms with van der Waals surface area (Å²) in [4.78, 5) is 8.54. The van der Waals surface area contributed by atoms with Crippen molar-refractivity contribution in [3.05, 3.63) is 58.1 Å². The molecule has 2 aromatic rings. The Bertz CT molecular complexity index is 1020. The molecule has 31 heavy (non-hydrogen) atoms. The Kier molecular flexibility index (Phi) is 5.63. The van der Waals surface area contributed by atoms with Crippen molar-refractivity contribution in [3.63, 3.8) is 0 Å². The van der Waals surface area contributed by atoms with Crippen LogP contribution in [0.1, 0.15) is 23.2 Å². The summed E-state index contributed by atoms with van der Waals surface area (Å²) in [5.74, 6) is -0.509. The molecule has 6 nitrogen and oxygen atoms in total. The Hall–Kier alpha value is -2.34. The number of alkyl halides is 4. The first-order valence-corrected chi connectivity index (χ1v) is 9.58. The highest BCUT2D eigenvalue weighted by molar-refractivity contribution is 6.30. The number of amidine groups is 1. The largest absolute Gasteiger partial charge is 0.414 e. The molecule has 1 aromatic heterocycles. The Morgan fingerprint density at radius 1 is 1.29 bits per heavy atom. The van der Waals surface area contributed by atoms with Crippen molar-refractivity contribution in [2.45, 2.75) is 37.1 Å². The maximum Gasteiger partial charge on any atom is 0.414 e. The summed E-state index contributed by atoms with van der Waals surface area (Å²) in [7, 11) is 0. The van der Waals surface area contributed by atoms with Crippen molar-refractivity contribution >= 4 is 23.1 Å². The number of hydrogen-bond donors (Lipinski definition) is 3. The summed E-state index contributed by atoms with van der Waals surface area (Å²) >= 11 is 5.84. The molecule has 1 aromatic carbocycles. The van der Waals surface area contributed by atoms with Gasteiger partial charge in [0.25, 0.3) is 0 Å². The number of rotatable bonds is 3. The van der Waals surface area contributed by atoms with E-state index in [0.717, 1.165) is 6.07 Å². The summed E-state index contributed by atoms with van der Waals surface area (Å²) in [6.45, 7) is -1.14. The molecule has 0 radical (unpaired) electrons. The topological polar surface area (TPSA) is 84.6 Å². The second-order valence-corrected chi connectivity index (χ2v) is 7.72. The number of hydrogen-bond acceptors (Lipinski definition) is 6. The van der Waals surface area contributed by atoms with Crippen molar-refractivity contribution < 1.29 is 26.7 Å². The molecule has 2 aliphatic rings. The molecule has 4 rings (SSSR count). The number of nitrogens with one attached hydrogen (secondary N) is 2. The van der Waals surface area contributed by atoms with Gasteiger partial charge < -0.3 is 10.1 Å². The van der Waals surface area contributed by atoms with Crippen LogP contribution in [0.4, 0.5) is 27.6 Å². The molecular formula is C19H17ClF5N5O. The quantitative estimate of drug-likeness (QED) is 0.610. The van der Waals surface area contributed by atoms with Gasteiger partial charge in [-0.15, -0.1) is 0 Å². The smallest absolute Gasteiger partial charge is 0.364 e. The Morgan fingerprint density at radius 2 is 2.06 bits per heavy atom. The minimum Gasteiger partial charge on any atom is -0.364 e. The SMILES string of the molecule is NC1N[C@](CF)(c2cc3c(cc2F)CNC(c2ccc(Cl)cn2)=N3)C[C@@H](C(F)(F)F)O1. The third kappa shape index (κ3) is 4.22. The van der Waals surface area contributed by atoms with Crippen molar-refractivity contribution in [2.75, 3.05) is 6.67 Å². The molecule has 3 heterocycles. The molecule has 0 amide bonds. The average Bonchev–Trinajstić information content (AvgIpc) is 2.72. The molecule has 3 atom stereocenters. The highest BCUT2D eigenvalue weighted by Gasteiger charge is 2.52. The summed E-state index contributed by atoms with van der Waals surface area (Å²) < 4.78 is 73.6. The fourth-order valence-corrected chi connectivity index (χ4v) is 3.78. The van der Waals surface area contributed by atoms with Gasteiger partial charge in [0.2, 0.25) is 0 Å². The van der Waals surface area contributed by atoms with Crippen LogP contribution in [0.15, 0.2) is 35.5 Å². The van der Waals surface area contributed by atoms with E-state index in [0.29, 0.717) is 22.1 Å². The van der Waals surface area contributed by atoms with Gasteiger partial charge in [-0.05, 0) is 29.8 Å². The molecule has 1 unspecified atom stereocenters. The first-order valence-electron chi connectivity index (χ1n) is 9.20. The van der Waals surface area contributed by atoms with Gasteiger partial charge in [-0.2, -0.15) is 13.2 Å². The van der Waals surface area contributed by atoms with Gasteiger partial charge in [0.15, 0.2) is 18.3 Å². The van der Waals surface area contributed by atoms with E-state index in [1.165, 1.54) is 12.3 Å². The summed E-state index contributed by atoms with van der Waals surface area (Å²) in [5, 5.41) is 5.86. The van der Waals surface area contributed by atoms with E-state index < -0.39 is 43.1 Å². The zero-order chi connectivity index (χ0) is 22.4. The standard InChI is InChI=1S/C19H17ClF5N5O/c20-10-1-2-13(27-7-10)16-28-6-9-3-12(22)11(4-14(9)29-16)18(8-21)5-15(19(23,24)25)31-17(26)30-18/h1-4,7,15,17,30H,5-6,8,26H2,(H,28,29)/t15-,17?,18+/m0/s1. The van der Waals surface area contributed by atoms with Crippen LogP contribution in [0, 0.1) is 5.82 Å². The van der Waals surface area contributed by atoms with Crippen LogP contribution in [0.25, 0.3) is 0 Å². The molecule has 4 N–H and O–H groups in total. The lowest BCUT2D eigenvalue weighted by atomic mass is 9.83. The van der Waals surface area contributed by atoms with Gasteiger partial charge in [-0.3, -0.25) is 16.0 Å². The van der Waals surface area contributed by atoms with Crippen LogP contribution < -0.4 is 16.4 Å². The molecule has 1 fully saturated rings. The number of benzene rings is 1. The zero-order valence-corrected chi connectivity index (χ0v) is 16.6. The van der Waals surface area contributed by atoms with Crippen LogP contribution in [0.5, 0.6) is 0 Å². The van der Waals surface area contributed by atoms with E-state index in [2.05, 4.69) is 25.3 Å². The molecule has 166 valence electrons. The van der Waals surface area contributed by atoms with E-state index in [-0.39, 0.29) is 17.8 Å². The van der Waals surface area contributed by atoms with Crippen molar-refractivity contribution in [1.29, 1.82) is 0 Å². The minimum absolute atomic E-state index is 0.194. The Balaban J connectivity index is 1.76. The Labute approximate surface area is 178 Å². The lowest BCUT2D eigenvalue weighted by molar-refractivity contribution is -0.262. The number of aromatic nitrogens is 1. The number of nitrogens with two attached hydrogens (primary N) is 1. The van der Waals surface area contributed by atoms with Gasteiger partial charge in [0, 0.05) is 24.7 Å². The van der Waals surface area contributed by atoms with Crippen molar-refractivity contribution in [3.8, 4) is 0 Å². The zero-order valence-electron chi connectivity index (χ0n) is 15.8. The van der Waals surface area contributed by atoms with Crippen molar-refractivity contribution in [1.82, 2.24) is 15.6 Å². The van der Waals surface area contributed by atoms with Gasteiger partial charge in [0.05, 0.1) is 16.2 Å². The highest BCUT2D eigenvalue weighted by atomic mass is 35.5. The van der Waals surface area contributed by atoms with E-state index in [9.17, 15) is 22.0 Å². The number of pyridine rings is 1. The van der Waals surface area contributed by atoms with E-state index >= 15 is 0 Å². The summed E-state index contributed by atoms with van der Waals surface area (Å²) in [5.41, 5.74) is 4.38. The van der Waals surface area contributed by atoms with Gasteiger partial charge in [-0.25, -0.2) is 13.8 Å². The predicted molar refractivity (Wildman–Crippen MR) is 103 cm³/mol. The number of fused-ring (bicyclic) bond motifs is 1. The maximum atomic E-state index is 14.9. The van der Waals surface area contributed by atoms with E-state index in [1.54, 1.807) is 12.1 Å². The first kappa shape index (κ1) is 21.9. The Morgan fingerprint density at radius 3 is 2.71 bits per heavy atom. The monoisotopic (exact) mass is 461 g/mol. The van der Waals surface area contributed by atoms with E-state index in [4.69, 9.17) is 17.3 Å². The number of halogens is 6. The third-order valence-corrected chi connectivity index (χ3v) is 5.41. The first-order chi connectivity index (χ1) is 14.6. The second kappa shape index (κ2) is 7.97. The summed E-state index contributed by atoms with van der Waals surface area (Å²) in [6, 6.07) is 5.59. The second-order valence-electron chi connectivity index (χ2n) is 7.29. The molecule has 0 spiro atoms. The normalized spacial score (nSPS) is 26.1. The van der Waals surface area contributed by atoms with Gasteiger partial charge in [0.1, 0.15) is 18.2 Å². The van der Waals surface area contributed by atoms with Gasteiger partial charge >= 0.3 is 6.18 Å². The molecule has 0 bridgehead atoms. The lowest BCUT2D eigenvalue weighted by Crippen LogP contribution is -2.63. The molecule has 12 heteroatoms. The summed E-state index contributed by atoms with van der Waals surface area (Å²) in [6.07, 6.45) is -8.24. The van der Waals surface area contributed by atoms with Gasteiger partial charge in [-0.1, -0.05) is 11.6 Å². The van der Waals surface area contributed by atoms with Crippen molar-refractivity contribution in [2.24, 2.45) is 10.7 Å². The number of nitrogens with zero attached hydrogens (tertiary/aromatic N) is 2. The van der Waals surface area contributed by atoms with Crippen LogP contribution in [-0.2, 0) is 16.8 Å². The molecule has 2 aliphatic heterocycles. The van der Waals surface area contributed by atoms with Crippen LogP contribution >= 0.6 is 11.6 Å². The fourth-order valence-electron chi connectivity index (χ4n) is 3.67. The number of aliphatic imine (C=N–C) groups is 1. The fraction of sp³-hybridized carbons (Fsp3) is 0.368.